The number of morpholine rings is 1. The van der Waals surface area contributed by atoms with Crippen LogP contribution < -0.4 is 0 Å². The summed E-state index contributed by atoms with van der Waals surface area (Å²) < 4.78 is 11.0. The molecule has 0 radical (unpaired) electrons. The number of unbranched alkanes of at least 4 members (excludes halogenated alkanes) is 1. The lowest BCUT2D eigenvalue weighted by Crippen LogP contribution is -2.64. The molecule has 2 atom stereocenters. The van der Waals surface area contributed by atoms with Crippen LogP contribution in [0.2, 0.25) is 0 Å². The van der Waals surface area contributed by atoms with Gasteiger partial charge in [0.05, 0.1) is 37.0 Å². The third-order valence-electron chi connectivity index (χ3n) is 4.17. The number of fused-ring (bicyclic) bond motifs is 2. The molecule has 0 saturated carbocycles. The first-order valence-corrected chi connectivity index (χ1v) is 7.92. The van der Waals surface area contributed by atoms with E-state index in [0.717, 1.165) is 0 Å². The first-order valence-electron chi connectivity index (χ1n) is 7.92. The molecule has 2 fully saturated rings. The van der Waals surface area contributed by atoms with Crippen LogP contribution in [0, 0.1) is 11.3 Å². The third kappa shape index (κ3) is 4.11. The number of nitriles is 1. The van der Waals surface area contributed by atoms with Crippen molar-refractivity contribution in [2.75, 3.05) is 13.2 Å². The van der Waals surface area contributed by atoms with Gasteiger partial charge in [0.25, 0.3) is 0 Å². The van der Waals surface area contributed by atoms with E-state index in [-0.39, 0.29) is 18.2 Å². The number of aliphatic hydroxyl groups is 1. The Bertz CT molecular complexity index is 438. The van der Waals surface area contributed by atoms with Crippen molar-refractivity contribution in [2.45, 2.75) is 76.2 Å². The van der Waals surface area contributed by atoms with Crippen LogP contribution in [0.1, 0.15) is 52.9 Å². The monoisotopic (exact) mass is 310 g/mol. The number of hydrogen-bond acceptors (Lipinski definition) is 5. The average molecular weight is 310 g/mol. The highest BCUT2D eigenvalue weighted by Crippen LogP contribution is 2.38. The second-order valence-corrected chi connectivity index (χ2v) is 7.38. The first kappa shape index (κ1) is 17.0. The number of piperidine rings is 1. The van der Waals surface area contributed by atoms with Crippen molar-refractivity contribution in [3.63, 3.8) is 0 Å². The molecule has 2 unspecified atom stereocenters. The zero-order chi connectivity index (χ0) is 16.4. The van der Waals surface area contributed by atoms with Crippen LogP contribution in [0.4, 0.5) is 4.79 Å². The smallest absolute Gasteiger partial charge is 0.410 e. The van der Waals surface area contributed by atoms with Gasteiger partial charge in [-0.3, -0.25) is 4.90 Å². The van der Waals surface area contributed by atoms with Crippen molar-refractivity contribution in [1.29, 1.82) is 5.26 Å². The fourth-order valence-corrected chi connectivity index (χ4v) is 3.39. The summed E-state index contributed by atoms with van der Waals surface area (Å²) in [5.41, 5.74) is -1.35. The summed E-state index contributed by atoms with van der Waals surface area (Å²) in [6, 6.07) is 1.79. The first-order chi connectivity index (χ1) is 10.2. The highest BCUT2D eigenvalue weighted by Gasteiger charge is 2.48. The van der Waals surface area contributed by atoms with Gasteiger partial charge in [0.2, 0.25) is 0 Å². The van der Waals surface area contributed by atoms with Gasteiger partial charge in [-0.2, -0.15) is 5.26 Å². The van der Waals surface area contributed by atoms with Crippen molar-refractivity contribution >= 4 is 6.09 Å². The molecule has 0 spiro atoms. The number of rotatable bonds is 3. The second kappa shape index (κ2) is 6.43. The Kier molecular flexibility index (Phi) is 4.98. The van der Waals surface area contributed by atoms with Gasteiger partial charge < -0.3 is 14.6 Å². The van der Waals surface area contributed by atoms with Gasteiger partial charge in [0, 0.05) is 6.42 Å². The fourth-order valence-electron chi connectivity index (χ4n) is 3.39. The standard InChI is InChI=1S/C16H26N2O4/c1-15(2,3)22-14(19)18-12-8-16(20,6-4-5-7-17)9-13(18)11-21-10-12/h12-13,20H,4-6,8-11H2,1-3H3. The normalized spacial score (nSPS) is 31.5. The van der Waals surface area contributed by atoms with Crippen molar-refractivity contribution in [3.8, 4) is 6.07 Å². The van der Waals surface area contributed by atoms with E-state index in [1.807, 2.05) is 20.8 Å². The van der Waals surface area contributed by atoms with Crippen molar-refractivity contribution in [3.05, 3.63) is 0 Å². The van der Waals surface area contributed by atoms with Crippen LogP contribution in [-0.4, -0.2) is 52.6 Å². The van der Waals surface area contributed by atoms with Gasteiger partial charge in [-0.25, -0.2) is 4.79 Å². The van der Waals surface area contributed by atoms with E-state index in [2.05, 4.69) is 6.07 Å². The van der Waals surface area contributed by atoms with Gasteiger partial charge >= 0.3 is 6.09 Å². The van der Waals surface area contributed by atoms with Crippen molar-refractivity contribution < 1.29 is 19.4 Å². The van der Waals surface area contributed by atoms with Crippen LogP contribution in [0.5, 0.6) is 0 Å². The minimum absolute atomic E-state index is 0.158. The van der Waals surface area contributed by atoms with E-state index in [9.17, 15) is 9.90 Å². The number of hydrogen-bond donors (Lipinski definition) is 1. The second-order valence-electron chi connectivity index (χ2n) is 7.38. The summed E-state index contributed by atoms with van der Waals surface area (Å²) in [6.07, 6.45) is 2.35. The molecule has 22 heavy (non-hydrogen) atoms. The Hall–Kier alpha value is -1.32. The zero-order valence-corrected chi connectivity index (χ0v) is 13.7. The Labute approximate surface area is 132 Å². The minimum atomic E-state index is -0.811. The summed E-state index contributed by atoms with van der Waals surface area (Å²) in [5.74, 6) is 0. The minimum Gasteiger partial charge on any atom is -0.444 e. The van der Waals surface area contributed by atoms with E-state index in [0.29, 0.717) is 45.3 Å². The SMILES string of the molecule is CC(C)(C)OC(=O)N1C2COCC1CC(O)(CCCC#N)C2. The predicted octanol–water partition coefficient (Wildman–Crippen LogP) is 2.21. The molecule has 0 aromatic heterocycles. The Morgan fingerprint density at radius 2 is 2.00 bits per heavy atom. The van der Waals surface area contributed by atoms with Crippen LogP contribution in [0.25, 0.3) is 0 Å². The average Bonchev–Trinajstić information content (AvgIpc) is 2.35. The molecular weight excluding hydrogens is 284 g/mol. The molecular formula is C16H26N2O4. The molecule has 2 aliphatic rings. The zero-order valence-electron chi connectivity index (χ0n) is 13.7. The van der Waals surface area contributed by atoms with E-state index >= 15 is 0 Å². The van der Waals surface area contributed by atoms with Crippen LogP contribution in [0.15, 0.2) is 0 Å². The lowest BCUT2D eigenvalue weighted by Gasteiger charge is -2.51. The van der Waals surface area contributed by atoms with E-state index < -0.39 is 11.2 Å². The summed E-state index contributed by atoms with van der Waals surface area (Å²) >= 11 is 0. The number of ether oxygens (including phenoxy) is 2. The molecule has 2 bridgehead atoms. The lowest BCUT2D eigenvalue weighted by atomic mass is 9.78. The molecule has 0 aromatic carbocycles. The molecule has 124 valence electrons. The van der Waals surface area contributed by atoms with E-state index in [1.54, 1.807) is 4.90 Å². The van der Waals surface area contributed by atoms with Crippen LogP contribution in [-0.2, 0) is 9.47 Å². The maximum Gasteiger partial charge on any atom is 0.410 e. The number of carbonyl (C=O) groups is 1. The summed E-state index contributed by atoms with van der Waals surface area (Å²) in [4.78, 5) is 14.2. The van der Waals surface area contributed by atoms with Gasteiger partial charge in [0.1, 0.15) is 5.60 Å². The Morgan fingerprint density at radius 3 is 2.50 bits per heavy atom. The van der Waals surface area contributed by atoms with Crippen LogP contribution in [0.3, 0.4) is 0 Å². The highest BCUT2D eigenvalue weighted by molar-refractivity contribution is 5.69. The highest BCUT2D eigenvalue weighted by atomic mass is 16.6. The molecule has 2 aliphatic heterocycles. The van der Waals surface area contributed by atoms with Crippen molar-refractivity contribution in [2.24, 2.45) is 0 Å². The Balaban J connectivity index is 2.05. The van der Waals surface area contributed by atoms with E-state index in [1.165, 1.54) is 0 Å². The van der Waals surface area contributed by atoms with Gasteiger partial charge in [-0.05, 0) is 46.5 Å². The maximum absolute atomic E-state index is 12.4. The maximum atomic E-state index is 12.4. The number of amides is 1. The molecule has 6 heteroatoms. The molecule has 2 rings (SSSR count). The van der Waals surface area contributed by atoms with Crippen molar-refractivity contribution in [1.82, 2.24) is 4.90 Å². The van der Waals surface area contributed by atoms with Gasteiger partial charge in [-0.1, -0.05) is 0 Å². The number of carbonyl (C=O) groups excluding carboxylic acids is 1. The molecule has 6 nitrogen and oxygen atoms in total. The molecule has 1 N–H and O–H groups in total. The Morgan fingerprint density at radius 1 is 1.41 bits per heavy atom. The summed E-state index contributed by atoms with van der Waals surface area (Å²) in [6.45, 7) is 6.39. The molecule has 1 amide bonds. The molecule has 2 heterocycles. The number of nitrogens with zero attached hydrogens (tertiary/aromatic N) is 2. The predicted molar refractivity (Wildman–Crippen MR) is 80.1 cm³/mol. The molecule has 0 aliphatic carbocycles. The van der Waals surface area contributed by atoms with Crippen LogP contribution >= 0.6 is 0 Å². The summed E-state index contributed by atoms with van der Waals surface area (Å²) in [7, 11) is 0. The lowest BCUT2D eigenvalue weighted by molar-refractivity contribution is -0.140. The third-order valence-corrected chi connectivity index (χ3v) is 4.17. The van der Waals surface area contributed by atoms with Gasteiger partial charge in [0.15, 0.2) is 0 Å². The quantitative estimate of drug-likeness (QED) is 0.808. The molecule has 2 saturated heterocycles. The van der Waals surface area contributed by atoms with E-state index in [4.69, 9.17) is 14.7 Å². The van der Waals surface area contributed by atoms with Gasteiger partial charge in [-0.15, -0.1) is 0 Å². The largest absolute Gasteiger partial charge is 0.444 e. The molecule has 0 aromatic rings. The fraction of sp³-hybridized carbons (Fsp3) is 0.875. The topological polar surface area (TPSA) is 82.8 Å². The summed E-state index contributed by atoms with van der Waals surface area (Å²) in [5, 5.41) is 19.4.